The highest BCUT2D eigenvalue weighted by molar-refractivity contribution is 4.92. The van der Waals surface area contributed by atoms with Crippen LogP contribution in [0.2, 0.25) is 0 Å². The van der Waals surface area contributed by atoms with E-state index in [9.17, 15) is 10.2 Å². The molecule has 1 rings (SSSR count). The summed E-state index contributed by atoms with van der Waals surface area (Å²) in [6.07, 6.45) is -9.01. The van der Waals surface area contributed by atoms with Gasteiger partial charge in [0, 0.05) is 0 Å². The fraction of sp³-hybridized carbons (Fsp3) is 1.00. The van der Waals surface area contributed by atoms with Gasteiger partial charge in [-0.2, -0.15) is 0 Å². The number of hydrogen-bond donors (Lipinski definition) is 6. The van der Waals surface area contributed by atoms with Gasteiger partial charge >= 0.3 is 0 Å². The summed E-state index contributed by atoms with van der Waals surface area (Å²) < 4.78 is 4.61. The molecule has 7 nitrogen and oxygen atoms in total. The number of aliphatic hydroxyl groups excluding tert-OH is 6. The zero-order valence-electron chi connectivity index (χ0n) is 7.26. The van der Waals surface area contributed by atoms with E-state index in [0.717, 1.165) is 0 Å². The summed E-state index contributed by atoms with van der Waals surface area (Å²) in [5.41, 5.74) is 0. The van der Waals surface area contributed by atoms with E-state index in [1.807, 2.05) is 0 Å². The van der Waals surface area contributed by atoms with Crippen molar-refractivity contribution >= 4 is 0 Å². The molecule has 1 aliphatic rings. The lowest BCUT2D eigenvalue weighted by molar-refractivity contribution is -0.164. The molecule has 0 spiro atoms. The first kappa shape index (κ1) is 11.8. The average Bonchev–Trinajstić information content (AvgIpc) is 2.43. The third-order valence-electron chi connectivity index (χ3n) is 2.19. The van der Waals surface area contributed by atoms with E-state index >= 15 is 0 Å². The van der Waals surface area contributed by atoms with Gasteiger partial charge in [-0.05, 0) is 0 Å². The second-order valence-electron chi connectivity index (χ2n) is 3.21. The van der Waals surface area contributed by atoms with E-state index in [0.29, 0.717) is 0 Å². The third-order valence-corrected chi connectivity index (χ3v) is 2.19. The van der Waals surface area contributed by atoms with Crippen LogP contribution in [0, 0.1) is 0 Å². The van der Waals surface area contributed by atoms with Gasteiger partial charge in [0.2, 0.25) is 0 Å². The number of rotatable bonds is 3. The van der Waals surface area contributed by atoms with Crippen molar-refractivity contribution in [3.05, 3.63) is 0 Å². The summed E-state index contributed by atoms with van der Waals surface area (Å²) in [5, 5.41) is 54.1. The molecule has 1 heterocycles. The molecule has 0 bridgehead atoms. The smallest absolute Gasteiger partial charge is 0.184 e. The van der Waals surface area contributed by atoms with E-state index in [2.05, 4.69) is 4.74 Å². The maximum Gasteiger partial charge on any atom is 0.184 e. The van der Waals surface area contributed by atoms with Crippen LogP contribution in [0.1, 0.15) is 0 Å². The molecule has 0 saturated carbocycles. The van der Waals surface area contributed by atoms with Crippen LogP contribution in [0.3, 0.4) is 0 Å². The summed E-state index contributed by atoms with van der Waals surface area (Å²) in [7, 11) is 0. The van der Waals surface area contributed by atoms with E-state index in [-0.39, 0.29) is 0 Å². The van der Waals surface area contributed by atoms with Crippen LogP contribution in [0.4, 0.5) is 0 Å². The standard InChI is InChI=1S/C7H14O7/c8-1-2(9)3(10)6-4(11)5(12)7(13)14-6/h2-13H,1H2/t2-,3-,4+,5+,6+,7?/m1/s1. The van der Waals surface area contributed by atoms with Crippen LogP contribution < -0.4 is 0 Å². The summed E-state index contributed by atoms with van der Waals surface area (Å²) >= 11 is 0. The zero-order chi connectivity index (χ0) is 10.9. The van der Waals surface area contributed by atoms with Crippen molar-refractivity contribution < 1.29 is 35.4 Å². The van der Waals surface area contributed by atoms with Gasteiger partial charge in [0.05, 0.1) is 6.61 Å². The summed E-state index contributed by atoms with van der Waals surface area (Å²) in [4.78, 5) is 0. The van der Waals surface area contributed by atoms with E-state index < -0.39 is 43.4 Å². The zero-order valence-corrected chi connectivity index (χ0v) is 7.26. The summed E-state index contributed by atoms with van der Waals surface area (Å²) in [5.74, 6) is 0. The van der Waals surface area contributed by atoms with Crippen molar-refractivity contribution in [2.75, 3.05) is 6.61 Å². The van der Waals surface area contributed by atoms with Gasteiger partial charge < -0.3 is 35.4 Å². The van der Waals surface area contributed by atoms with E-state index in [4.69, 9.17) is 20.4 Å². The Bertz CT molecular complexity index is 187. The van der Waals surface area contributed by atoms with Gasteiger partial charge in [-0.3, -0.25) is 0 Å². The van der Waals surface area contributed by atoms with Gasteiger partial charge in [-0.25, -0.2) is 0 Å². The first-order valence-corrected chi connectivity index (χ1v) is 4.15. The Kier molecular flexibility index (Phi) is 3.78. The molecule has 6 atom stereocenters. The fourth-order valence-electron chi connectivity index (χ4n) is 1.29. The number of ether oxygens (including phenoxy) is 1. The predicted octanol–water partition coefficient (Wildman–Crippen LogP) is -3.86. The summed E-state index contributed by atoms with van der Waals surface area (Å²) in [6, 6.07) is 0. The van der Waals surface area contributed by atoms with Gasteiger partial charge in [-0.1, -0.05) is 0 Å². The molecule has 14 heavy (non-hydrogen) atoms. The Balaban J connectivity index is 2.61. The van der Waals surface area contributed by atoms with Crippen molar-refractivity contribution in [3.8, 4) is 0 Å². The lowest BCUT2D eigenvalue weighted by Crippen LogP contribution is -2.46. The fourth-order valence-corrected chi connectivity index (χ4v) is 1.29. The molecule has 0 aromatic heterocycles. The molecule has 1 aliphatic heterocycles. The molecule has 0 aliphatic carbocycles. The minimum Gasteiger partial charge on any atom is -0.394 e. The van der Waals surface area contributed by atoms with Crippen LogP contribution in [-0.4, -0.2) is 74.1 Å². The van der Waals surface area contributed by atoms with Crippen LogP contribution in [-0.2, 0) is 4.74 Å². The highest BCUT2D eigenvalue weighted by Crippen LogP contribution is 2.23. The number of hydrogen-bond acceptors (Lipinski definition) is 7. The van der Waals surface area contributed by atoms with Crippen LogP contribution in [0.15, 0.2) is 0 Å². The topological polar surface area (TPSA) is 131 Å². The number of aliphatic hydroxyl groups is 6. The first-order valence-electron chi connectivity index (χ1n) is 4.15. The van der Waals surface area contributed by atoms with Crippen molar-refractivity contribution in [1.82, 2.24) is 0 Å². The minimum atomic E-state index is -1.60. The molecule has 0 amide bonds. The molecule has 7 heteroatoms. The Morgan fingerprint density at radius 2 is 1.64 bits per heavy atom. The minimum absolute atomic E-state index is 0.708. The molecule has 0 aromatic carbocycles. The lowest BCUT2D eigenvalue weighted by atomic mass is 10.0. The molecule has 1 fully saturated rings. The van der Waals surface area contributed by atoms with Crippen molar-refractivity contribution in [3.63, 3.8) is 0 Å². The van der Waals surface area contributed by atoms with Crippen LogP contribution in [0.25, 0.3) is 0 Å². The largest absolute Gasteiger partial charge is 0.394 e. The Hall–Kier alpha value is -0.280. The molecule has 0 radical (unpaired) electrons. The molecule has 0 aromatic rings. The van der Waals surface area contributed by atoms with Gasteiger partial charge in [0.15, 0.2) is 6.29 Å². The molecular formula is C7H14O7. The van der Waals surface area contributed by atoms with Crippen molar-refractivity contribution in [2.24, 2.45) is 0 Å². The molecular weight excluding hydrogens is 196 g/mol. The van der Waals surface area contributed by atoms with E-state index in [1.54, 1.807) is 0 Å². The monoisotopic (exact) mass is 210 g/mol. The SMILES string of the molecule is OC[C@@H](O)[C@@H](O)[C@@H]1OC(O)[C@@H](O)[C@@H]1O. The molecule has 84 valence electrons. The van der Waals surface area contributed by atoms with Gasteiger partial charge in [0.1, 0.15) is 30.5 Å². The van der Waals surface area contributed by atoms with Gasteiger partial charge in [-0.15, -0.1) is 0 Å². The Morgan fingerprint density at radius 3 is 2.00 bits per heavy atom. The van der Waals surface area contributed by atoms with Crippen LogP contribution in [0.5, 0.6) is 0 Å². The summed E-state index contributed by atoms with van der Waals surface area (Å²) in [6.45, 7) is -0.708. The highest BCUT2D eigenvalue weighted by atomic mass is 16.6. The Morgan fingerprint density at radius 1 is 1.07 bits per heavy atom. The second kappa shape index (κ2) is 4.49. The molecule has 1 saturated heterocycles. The van der Waals surface area contributed by atoms with Crippen LogP contribution >= 0.6 is 0 Å². The predicted molar refractivity (Wildman–Crippen MR) is 42.0 cm³/mol. The maximum absolute atomic E-state index is 9.31. The normalized spacial score (nSPS) is 42.4. The first-order chi connectivity index (χ1) is 6.49. The second-order valence-corrected chi connectivity index (χ2v) is 3.21. The quantitative estimate of drug-likeness (QED) is 0.281. The lowest BCUT2D eigenvalue weighted by Gasteiger charge is -2.23. The van der Waals surface area contributed by atoms with E-state index in [1.165, 1.54) is 0 Å². The van der Waals surface area contributed by atoms with Crippen molar-refractivity contribution in [2.45, 2.75) is 36.8 Å². The van der Waals surface area contributed by atoms with Crippen molar-refractivity contribution in [1.29, 1.82) is 0 Å². The maximum atomic E-state index is 9.31. The Labute approximate surface area is 79.8 Å². The molecule has 1 unspecified atom stereocenters. The van der Waals surface area contributed by atoms with Gasteiger partial charge in [0.25, 0.3) is 0 Å². The third kappa shape index (κ3) is 2.04. The highest BCUT2D eigenvalue weighted by Gasteiger charge is 2.46. The molecule has 6 N–H and O–H groups in total. The average molecular weight is 210 g/mol.